The number of rotatable bonds is 8. The van der Waals surface area contributed by atoms with E-state index in [0.717, 1.165) is 28.4 Å². The molecular formula is C63H47N3. The number of aromatic nitrogens is 2. The van der Waals surface area contributed by atoms with E-state index >= 15 is 0 Å². The van der Waals surface area contributed by atoms with Crippen LogP contribution in [0, 0.1) is 0 Å². The van der Waals surface area contributed by atoms with E-state index in [0.29, 0.717) is 0 Å². The van der Waals surface area contributed by atoms with Crippen molar-refractivity contribution in [1.29, 1.82) is 0 Å². The number of hydrogen-bond acceptors (Lipinski definition) is 1. The molecule has 2 aromatic heterocycles. The van der Waals surface area contributed by atoms with Crippen molar-refractivity contribution < 1.29 is 0 Å². The Bertz CT molecular complexity index is 3620. The minimum atomic E-state index is 1.08. The van der Waals surface area contributed by atoms with Gasteiger partial charge in [-0.1, -0.05) is 176 Å². The molecule has 10 aromatic carbocycles. The molecule has 0 bridgehead atoms. The first-order chi connectivity index (χ1) is 32.7. The van der Waals surface area contributed by atoms with Crippen LogP contribution in [-0.2, 0) is 0 Å². The molecule has 0 fully saturated rings. The van der Waals surface area contributed by atoms with Crippen LogP contribution in [0.4, 0.5) is 17.1 Å². The molecule has 0 unspecified atom stereocenters. The molecule has 0 aliphatic heterocycles. The number of anilines is 3. The predicted molar refractivity (Wildman–Crippen MR) is 282 cm³/mol. The molecule has 3 nitrogen and oxygen atoms in total. The molecule has 66 heavy (non-hydrogen) atoms. The van der Waals surface area contributed by atoms with E-state index in [1.807, 2.05) is 6.92 Å². The summed E-state index contributed by atoms with van der Waals surface area (Å²) in [6.07, 6.45) is 1.75. The van der Waals surface area contributed by atoms with Crippen LogP contribution in [0.2, 0.25) is 0 Å². The van der Waals surface area contributed by atoms with Gasteiger partial charge in [0.2, 0.25) is 0 Å². The Hall–Kier alpha value is -8.66. The summed E-state index contributed by atoms with van der Waals surface area (Å²) >= 11 is 0. The van der Waals surface area contributed by atoms with E-state index in [-0.39, 0.29) is 0 Å². The summed E-state index contributed by atoms with van der Waals surface area (Å²) in [5.41, 5.74) is 17.4. The van der Waals surface area contributed by atoms with Crippen molar-refractivity contribution in [2.75, 3.05) is 4.90 Å². The first kappa shape index (κ1) is 40.1. The maximum absolute atomic E-state index is 3.36. The van der Waals surface area contributed by atoms with Crippen molar-refractivity contribution in [2.45, 2.75) is 6.92 Å². The Morgan fingerprint density at radius 1 is 0.364 bits per heavy atom. The lowest BCUT2D eigenvalue weighted by atomic mass is 9.96. The highest BCUT2D eigenvalue weighted by Gasteiger charge is 2.22. The molecule has 0 saturated carbocycles. The zero-order valence-electron chi connectivity index (χ0n) is 36.8. The van der Waals surface area contributed by atoms with Gasteiger partial charge in [-0.25, -0.2) is 0 Å². The number of fused-ring (bicyclic) bond motifs is 7. The maximum Gasteiger partial charge on any atom is 0.0641 e. The van der Waals surface area contributed by atoms with Crippen LogP contribution in [0.3, 0.4) is 0 Å². The first-order valence-electron chi connectivity index (χ1n) is 22.6. The third kappa shape index (κ3) is 7.13. The summed E-state index contributed by atoms with van der Waals surface area (Å²) in [7, 11) is 0. The smallest absolute Gasteiger partial charge is 0.0641 e. The van der Waals surface area contributed by atoms with Crippen molar-refractivity contribution in [2.24, 2.45) is 0 Å². The Morgan fingerprint density at radius 3 is 1.45 bits per heavy atom. The van der Waals surface area contributed by atoms with E-state index in [9.17, 15) is 0 Å². The Morgan fingerprint density at radius 2 is 0.818 bits per heavy atom. The van der Waals surface area contributed by atoms with Gasteiger partial charge >= 0.3 is 0 Å². The second kappa shape index (κ2) is 17.5. The molecule has 314 valence electrons. The Kier molecular flexibility index (Phi) is 10.6. The van der Waals surface area contributed by atoms with Gasteiger partial charge in [-0.05, 0) is 114 Å². The van der Waals surface area contributed by atoms with Crippen molar-refractivity contribution in [1.82, 2.24) is 9.13 Å². The SMILES string of the molecule is C=CC.c1ccc(-c2ccc(-n3c4ccccc4c4c3ccc3c5ccccc5n(-c5ccc(N(c6ccccc6)c6ccc(-c7ccccc7)cc6-c6ccccc6)cc5)c34)cc2)cc1. The summed E-state index contributed by atoms with van der Waals surface area (Å²) in [4.78, 5) is 2.39. The van der Waals surface area contributed by atoms with Crippen molar-refractivity contribution in [3.63, 3.8) is 0 Å². The molecule has 0 radical (unpaired) electrons. The monoisotopic (exact) mass is 845 g/mol. The summed E-state index contributed by atoms with van der Waals surface area (Å²) < 4.78 is 4.90. The zero-order valence-corrected chi connectivity index (χ0v) is 36.8. The standard InChI is InChI=1S/C60H41N3.C3H6/c1-5-17-42(18-6-1)44-29-32-49(33-30-44)62-56-28-16-14-26-53(56)59-58(62)40-38-52-51-25-13-15-27-55(51)63(60(52)59)50-36-34-48(35-37-50)61(47-23-11-4-12-24-47)57-39-31-46(43-19-7-2-8-20-43)41-54(57)45-21-9-3-10-22-45;1-3-2/h1-41H;3H,1H2,2H3. The van der Waals surface area contributed by atoms with Gasteiger partial charge < -0.3 is 14.0 Å². The average Bonchev–Trinajstić information content (AvgIpc) is 3.91. The highest BCUT2D eigenvalue weighted by molar-refractivity contribution is 6.26. The van der Waals surface area contributed by atoms with Gasteiger partial charge in [-0.2, -0.15) is 0 Å². The third-order valence-electron chi connectivity index (χ3n) is 12.5. The minimum Gasteiger partial charge on any atom is -0.310 e. The van der Waals surface area contributed by atoms with Crippen LogP contribution < -0.4 is 4.90 Å². The fourth-order valence-corrected chi connectivity index (χ4v) is 9.63. The van der Waals surface area contributed by atoms with Gasteiger partial charge in [0.15, 0.2) is 0 Å². The van der Waals surface area contributed by atoms with Crippen LogP contribution in [0.25, 0.3) is 88.4 Å². The van der Waals surface area contributed by atoms with E-state index < -0.39 is 0 Å². The number of benzene rings is 10. The number of allylic oxidation sites excluding steroid dienone is 1. The molecule has 0 N–H and O–H groups in total. The quantitative estimate of drug-likeness (QED) is 0.139. The minimum absolute atomic E-state index is 1.08. The second-order valence-electron chi connectivity index (χ2n) is 16.5. The topological polar surface area (TPSA) is 13.1 Å². The normalized spacial score (nSPS) is 11.2. The predicted octanol–water partition coefficient (Wildman–Crippen LogP) is 17.5. The van der Waals surface area contributed by atoms with Crippen molar-refractivity contribution in [3.05, 3.63) is 261 Å². The van der Waals surface area contributed by atoms with Gasteiger partial charge in [0.25, 0.3) is 0 Å². The van der Waals surface area contributed by atoms with E-state index in [2.05, 4.69) is 269 Å². The highest BCUT2D eigenvalue weighted by atomic mass is 15.1. The third-order valence-corrected chi connectivity index (χ3v) is 12.5. The lowest BCUT2D eigenvalue weighted by molar-refractivity contribution is 1.17. The molecule has 0 spiro atoms. The number of para-hydroxylation sites is 3. The first-order valence-corrected chi connectivity index (χ1v) is 22.6. The van der Waals surface area contributed by atoms with Gasteiger partial charge in [0.05, 0.1) is 27.8 Å². The summed E-state index contributed by atoms with van der Waals surface area (Å²) in [5.74, 6) is 0. The van der Waals surface area contributed by atoms with Crippen molar-refractivity contribution >= 4 is 60.7 Å². The van der Waals surface area contributed by atoms with Gasteiger partial charge in [0.1, 0.15) is 0 Å². The zero-order chi connectivity index (χ0) is 44.4. The van der Waals surface area contributed by atoms with Gasteiger partial charge in [-0.15, -0.1) is 6.58 Å². The van der Waals surface area contributed by atoms with E-state index in [1.54, 1.807) is 6.08 Å². The molecule has 3 heteroatoms. The molecule has 0 atom stereocenters. The molecule has 12 aromatic rings. The second-order valence-corrected chi connectivity index (χ2v) is 16.5. The van der Waals surface area contributed by atoms with Crippen LogP contribution in [0.1, 0.15) is 6.92 Å². The van der Waals surface area contributed by atoms with Crippen LogP contribution in [0.15, 0.2) is 261 Å². The lowest BCUT2D eigenvalue weighted by Gasteiger charge is -2.28. The molecule has 0 aliphatic carbocycles. The molecule has 0 aliphatic rings. The molecule has 0 saturated heterocycles. The van der Waals surface area contributed by atoms with Crippen LogP contribution in [-0.4, -0.2) is 9.13 Å². The molecule has 2 heterocycles. The van der Waals surface area contributed by atoms with E-state index in [4.69, 9.17) is 0 Å². The average molecular weight is 846 g/mol. The Balaban J connectivity index is 0.00000156. The van der Waals surface area contributed by atoms with Crippen LogP contribution >= 0.6 is 0 Å². The van der Waals surface area contributed by atoms with Crippen molar-refractivity contribution in [3.8, 4) is 44.8 Å². The number of nitrogens with zero attached hydrogens (tertiary/aromatic N) is 3. The fourth-order valence-electron chi connectivity index (χ4n) is 9.63. The Labute approximate surface area is 386 Å². The molecule has 0 amide bonds. The number of hydrogen-bond donors (Lipinski definition) is 0. The summed E-state index contributed by atoms with van der Waals surface area (Å²) in [5, 5.41) is 4.95. The van der Waals surface area contributed by atoms with E-state index in [1.165, 1.54) is 77.0 Å². The van der Waals surface area contributed by atoms with Gasteiger partial charge in [-0.3, -0.25) is 0 Å². The molecular weight excluding hydrogens is 799 g/mol. The van der Waals surface area contributed by atoms with Gasteiger partial charge in [0, 0.05) is 49.9 Å². The lowest BCUT2D eigenvalue weighted by Crippen LogP contribution is -2.11. The largest absolute Gasteiger partial charge is 0.310 e. The van der Waals surface area contributed by atoms with Crippen LogP contribution in [0.5, 0.6) is 0 Å². The maximum atomic E-state index is 3.36. The fraction of sp³-hybridized carbons (Fsp3) is 0.0159. The summed E-state index contributed by atoms with van der Waals surface area (Å²) in [6.45, 7) is 5.25. The molecule has 12 rings (SSSR count). The highest BCUT2D eigenvalue weighted by Crippen LogP contribution is 2.45. The summed E-state index contributed by atoms with van der Waals surface area (Å²) in [6, 6.07) is 90.0.